The van der Waals surface area contributed by atoms with Gasteiger partial charge in [-0.3, -0.25) is 4.79 Å². The molecule has 1 atom stereocenters. The number of halogens is 1. The highest BCUT2D eigenvalue weighted by molar-refractivity contribution is 6.12. The molecule has 2 aromatic carbocycles. The largest absolute Gasteiger partial charge is 0.410 e. The van der Waals surface area contributed by atoms with E-state index in [1.165, 1.54) is 12.1 Å². The van der Waals surface area contributed by atoms with E-state index in [-0.39, 0.29) is 28.7 Å². The van der Waals surface area contributed by atoms with Crippen LogP contribution in [-0.4, -0.2) is 25.0 Å². The molecule has 0 amide bonds. The Morgan fingerprint density at radius 1 is 1.12 bits per heavy atom. The fraction of sp³-hybridized carbons (Fsp3) is 0.160. The summed E-state index contributed by atoms with van der Waals surface area (Å²) in [6, 6.07) is 14.7. The number of hydrogen-bond donors (Lipinski definition) is 1. The first-order chi connectivity index (χ1) is 15.4. The van der Waals surface area contributed by atoms with Crippen molar-refractivity contribution >= 4 is 5.71 Å². The second-order valence-electron chi connectivity index (χ2n) is 7.73. The van der Waals surface area contributed by atoms with Crippen LogP contribution in [0.2, 0.25) is 0 Å². The van der Waals surface area contributed by atoms with Gasteiger partial charge in [-0.2, -0.15) is 0 Å². The third kappa shape index (κ3) is 3.97. The third-order valence-corrected chi connectivity index (χ3v) is 5.56. The van der Waals surface area contributed by atoms with Crippen molar-refractivity contribution in [1.29, 1.82) is 0 Å². The fourth-order valence-corrected chi connectivity index (χ4v) is 3.81. The van der Waals surface area contributed by atoms with Crippen molar-refractivity contribution in [2.75, 3.05) is 0 Å². The molecule has 32 heavy (non-hydrogen) atoms. The summed E-state index contributed by atoms with van der Waals surface area (Å²) < 4.78 is 16.8. The van der Waals surface area contributed by atoms with Gasteiger partial charge in [-0.1, -0.05) is 23.4 Å². The van der Waals surface area contributed by atoms with Gasteiger partial charge in [0.25, 0.3) is 5.56 Å². The summed E-state index contributed by atoms with van der Waals surface area (Å²) in [6.45, 7) is 5.73. The molecule has 0 saturated carbocycles. The van der Waals surface area contributed by atoms with E-state index in [1.807, 2.05) is 49.7 Å². The van der Waals surface area contributed by atoms with Crippen LogP contribution in [0.4, 0.5) is 4.39 Å². The Morgan fingerprint density at radius 3 is 2.50 bits per heavy atom. The number of aryl methyl sites for hydroxylation is 2. The topological polar surface area (TPSA) is 72.4 Å². The van der Waals surface area contributed by atoms with E-state index in [2.05, 4.69) is 10.1 Å². The maximum absolute atomic E-state index is 13.3. The number of pyridine rings is 1. The minimum absolute atomic E-state index is 0.187. The summed E-state index contributed by atoms with van der Waals surface area (Å²) in [5.41, 5.74) is 4.37. The van der Waals surface area contributed by atoms with Crippen LogP contribution in [0.25, 0.3) is 5.69 Å². The van der Waals surface area contributed by atoms with E-state index in [9.17, 15) is 14.4 Å². The van der Waals surface area contributed by atoms with Gasteiger partial charge < -0.3 is 14.3 Å². The maximum atomic E-state index is 13.3. The summed E-state index contributed by atoms with van der Waals surface area (Å²) in [5, 5.41) is 13.3. The average molecular weight is 430 g/mol. The zero-order valence-corrected chi connectivity index (χ0v) is 18.0. The SMILES string of the molecule is Cc1cn(-c2ccc(/C(=N/O)c3cccn(C(C)c4ccc(F)cc4)c3=O)cc2C)cn1. The fourth-order valence-electron chi connectivity index (χ4n) is 3.81. The molecular formula is C25H23FN4O2. The number of imidazole rings is 1. The zero-order chi connectivity index (χ0) is 22.8. The Morgan fingerprint density at radius 2 is 1.88 bits per heavy atom. The molecule has 162 valence electrons. The second-order valence-corrected chi connectivity index (χ2v) is 7.73. The maximum Gasteiger partial charge on any atom is 0.260 e. The van der Waals surface area contributed by atoms with Gasteiger partial charge in [0.1, 0.15) is 11.5 Å². The molecule has 0 fully saturated rings. The van der Waals surface area contributed by atoms with E-state index in [0.29, 0.717) is 5.56 Å². The summed E-state index contributed by atoms with van der Waals surface area (Å²) in [5.74, 6) is -0.332. The lowest BCUT2D eigenvalue weighted by atomic mass is 10.00. The van der Waals surface area contributed by atoms with Gasteiger partial charge >= 0.3 is 0 Å². The lowest BCUT2D eigenvalue weighted by molar-refractivity contribution is 0.319. The Kier molecular flexibility index (Phi) is 5.73. The minimum atomic E-state index is -0.332. The third-order valence-electron chi connectivity index (χ3n) is 5.56. The molecule has 7 heteroatoms. The van der Waals surface area contributed by atoms with Crippen LogP contribution in [0.5, 0.6) is 0 Å². The zero-order valence-electron chi connectivity index (χ0n) is 18.0. The molecule has 4 aromatic rings. The van der Waals surface area contributed by atoms with Gasteiger partial charge in [-0.05, 0) is 68.3 Å². The molecule has 1 unspecified atom stereocenters. The van der Waals surface area contributed by atoms with Crippen molar-refractivity contribution in [3.05, 3.63) is 117 Å². The number of hydrogen-bond acceptors (Lipinski definition) is 4. The smallest absolute Gasteiger partial charge is 0.260 e. The Bertz CT molecular complexity index is 1350. The number of aromatic nitrogens is 3. The summed E-state index contributed by atoms with van der Waals surface area (Å²) in [4.78, 5) is 17.5. The van der Waals surface area contributed by atoms with E-state index in [0.717, 1.165) is 22.5 Å². The first kappa shape index (κ1) is 21.2. The highest BCUT2D eigenvalue weighted by Crippen LogP contribution is 2.20. The van der Waals surface area contributed by atoms with E-state index in [4.69, 9.17) is 0 Å². The van der Waals surface area contributed by atoms with Crippen LogP contribution in [0.3, 0.4) is 0 Å². The van der Waals surface area contributed by atoms with Crippen molar-refractivity contribution in [3.8, 4) is 5.69 Å². The van der Waals surface area contributed by atoms with E-state index < -0.39 is 0 Å². The predicted octanol–water partition coefficient (Wildman–Crippen LogP) is 4.63. The van der Waals surface area contributed by atoms with Crippen molar-refractivity contribution in [2.24, 2.45) is 5.16 Å². The first-order valence-corrected chi connectivity index (χ1v) is 10.2. The summed E-state index contributed by atoms with van der Waals surface area (Å²) in [6.07, 6.45) is 5.34. The molecule has 6 nitrogen and oxygen atoms in total. The Balaban J connectivity index is 1.73. The molecule has 0 spiro atoms. The van der Waals surface area contributed by atoms with Crippen molar-refractivity contribution in [3.63, 3.8) is 0 Å². The van der Waals surface area contributed by atoms with Crippen molar-refractivity contribution in [1.82, 2.24) is 14.1 Å². The molecule has 1 N–H and O–H groups in total. The Hall–Kier alpha value is -4.00. The number of nitrogens with zero attached hydrogens (tertiary/aromatic N) is 4. The van der Waals surface area contributed by atoms with E-state index >= 15 is 0 Å². The van der Waals surface area contributed by atoms with Gasteiger partial charge in [0, 0.05) is 23.6 Å². The monoisotopic (exact) mass is 430 g/mol. The highest BCUT2D eigenvalue weighted by Gasteiger charge is 2.18. The van der Waals surface area contributed by atoms with Gasteiger partial charge in [-0.25, -0.2) is 9.37 Å². The molecular weight excluding hydrogens is 407 g/mol. The van der Waals surface area contributed by atoms with Crippen LogP contribution in [0.1, 0.15) is 40.9 Å². The molecule has 2 heterocycles. The number of rotatable bonds is 5. The minimum Gasteiger partial charge on any atom is -0.410 e. The molecule has 0 radical (unpaired) electrons. The summed E-state index contributed by atoms with van der Waals surface area (Å²) >= 11 is 0. The van der Waals surface area contributed by atoms with Crippen LogP contribution >= 0.6 is 0 Å². The van der Waals surface area contributed by atoms with Crippen LogP contribution in [0.15, 0.2) is 83.3 Å². The van der Waals surface area contributed by atoms with Gasteiger partial charge in [-0.15, -0.1) is 0 Å². The van der Waals surface area contributed by atoms with Gasteiger partial charge in [0.15, 0.2) is 0 Å². The molecule has 0 bridgehead atoms. The molecule has 0 aliphatic heterocycles. The molecule has 0 saturated heterocycles. The van der Waals surface area contributed by atoms with Crippen LogP contribution < -0.4 is 5.56 Å². The lowest BCUT2D eigenvalue weighted by Gasteiger charge is -2.17. The van der Waals surface area contributed by atoms with Crippen LogP contribution in [0, 0.1) is 19.7 Å². The molecule has 4 rings (SSSR count). The van der Waals surface area contributed by atoms with Crippen molar-refractivity contribution in [2.45, 2.75) is 26.8 Å². The van der Waals surface area contributed by atoms with Gasteiger partial charge in [0.2, 0.25) is 0 Å². The predicted molar refractivity (Wildman–Crippen MR) is 121 cm³/mol. The number of oxime groups is 1. The van der Waals surface area contributed by atoms with Gasteiger partial charge in [0.05, 0.1) is 23.6 Å². The Labute approximate surface area is 184 Å². The second kappa shape index (κ2) is 8.63. The average Bonchev–Trinajstić information content (AvgIpc) is 3.21. The molecule has 0 aliphatic rings. The quantitative estimate of drug-likeness (QED) is 0.285. The number of benzene rings is 2. The first-order valence-electron chi connectivity index (χ1n) is 10.2. The standard InChI is InChI=1S/C25H23FN4O2/c1-16-13-20(8-11-23(16)29-14-17(2)27-15-29)24(28-32)22-5-4-12-30(25(22)31)18(3)19-6-9-21(26)10-7-19/h4-15,18,32H,1-3H3/b28-24-. The normalized spacial score (nSPS) is 12.7. The highest BCUT2D eigenvalue weighted by atomic mass is 19.1. The summed E-state index contributed by atoms with van der Waals surface area (Å²) in [7, 11) is 0. The molecule has 0 aliphatic carbocycles. The van der Waals surface area contributed by atoms with Crippen molar-refractivity contribution < 1.29 is 9.60 Å². The lowest BCUT2D eigenvalue weighted by Crippen LogP contribution is -2.29. The molecule has 2 aromatic heterocycles. The van der Waals surface area contributed by atoms with Crippen LogP contribution in [-0.2, 0) is 0 Å². The van der Waals surface area contributed by atoms with E-state index in [1.54, 1.807) is 41.4 Å².